The molecule has 0 heterocycles. The molecule has 0 fully saturated rings. The normalized spacial score (nSPS) is 15.6. The van der Waals surface area contributed by atoms with Gasteiger partial charge in [-0.25, -0.2) is 4.79 Å². The van der Waals surface area contributed by atoms with Crippen LogP contribution in [-0.4, -0.2) is 142 Å². The number of amides is 9. The van der Waals surface area contributed by atoms with Gasteiger partial charge in [0.15, 0.2) is 0 Å². The van der Waals surface area contributed by atoms with Gasteiger partial charge in [-0.3, -0.25) is 43.2 Å². The van der Waals surface area contributed by atoms with Crippen LogP contribution < -0.4 is 54.0 Å². The number of carboxylic acid groups (broad SMARTS) is 1. The number of rotatable bonds is 29. The van der Waals surface area contributed by atoms with Crippen molar-refractivity contribution in [3.05, 3.63) is 0 Å². The molecule has 22 nitrogen and oxygen atoms in total. The van der Waals surface area contributed by atoms with Gasteiger partial charge in [-0.1, -0.05) is 41.5 Å². The van der Waals surface area contributed by atoms with Crippen molar-refractivity contribution < 1.29 is 58.2 Å². The summed E-state index contributed by atoms with van der Waals surface area (Å²) in [5.41, 5.74) is 11.0. The van der Waals surface area contributed by atoms with Crippen molar-refractivity contribution in [2.45, 2.75) is 149 Å². The second-order valence-corrected chi connectivity index (χ2v) is 17.4. The van der Waals surface area contributed by atoms with Crippen LogP contribution in [0.15, 0.2) is 0 Å². The summed E-state index contributed by atoms with van der Waals surface area (Å²) in [6.07, 6.45) is -0.160. The van der Waals surface area contributed by atoms with Gasteiger partial charge < -0.3 is 64.2 Å². The first kappa shape index (κ1) is 57.0. The van der Waals surface area contributed by atoms with Crippen molar-refractivity contribution in [3.63, 3.8) is 0 Å². The fourth-order valence-corrected chi connectivity index (χ4v) is 6.14. The number of aliphatic carboxylic acids is 1. The second-order valence-electron chi connectivity index (χ2n) is 16.4. The van der Waals surface area contributed by atoms with E-state index in [0.29, 0.717) is 5.75 Å². The topological polar surface area (TPSA) is 359 Å². The summed E-state index contributed by atoms with van der Waals surface area (Å²) in [5.74, 6) is -8.88. The molecular formula is C39H70N10O12S. The van der Waals surface area contributed by atoms with Crippen LogP contribution >= 0.6 is 11.8 Å². The van der Waals surface area contributed by atoms with Crippen molar-refractivity contribution in [1.29, 1.82) is 0 Å². The Kier molecular flexibility index (Phi) is 26.2. The summed E-state index contributed by atoms with van der Waals surface area (Å²) in [6, 6.07) is -10.1. The van der Waals surface area contributed by atoms with Crippen LogP contribution in [0.25, 0.3) is 0 Å². The number of nitrogens with two attached hydrogens (primary N) is 2. The molecule has 0 aromatic carbocycles. The third-order valence-electron chi connectivity index (χ3n) is 9.14. The molecule has 0 aromatic heterocycles. The molecular weight excluding hydrogens is 833 g/mol. The lowest BCUT2D eigenvalue weighted by Crippen LogP contribution is -2.61. The molecule has 0 saturated heterocycles. The fraction of sp³-hybridized carbons (Fsp3) is 0.744. The van der Waals surface area contributed by atoms with E-state index in [-0.39, 0.29) is 43.9 Å². The molecule has 0 unspecified atom stereocenters. The van der Waals surface area contributed by atoms with Crippen molar-refractivity contribution >= 4 is 70.9 Å². The molecule has 0 radical (unpaired) electrons. The van der Waals surface area contributed by atoms with Crippen LogP contribution in [0, 0.1) is 17.8 Å². The van der Waals surface area contributed by atoms with Crippen LogP contribution in [0.1, 0.15) is 94.4 Å². The molecule has 9 atom stereocenters. The van der Waals surface area contributed by atoms with Crippen molar-refractivity contribution in [3.8, 4) is 0 Å². The lowest BCUT2D eigenvalue weighted by atomic mass is 9.99. The summed E-state index contributed by atoms with van der Waals surface area (Å²) >= 11 is 1.40. The fourth-order valence-electron chi connectivity index (χ4n) is 5.67. The van der Waals surface area contributed by atoms with Gasteiger partial charge in [0.05, 0.1) is 18.7 Å². The van der Waals surface area contributed by atoms with Gasteiger partial charge in [-0.2, -0.15) is 11.8 Å². The van der Waals surface area contributed by atoms with Crippen LogP contribution in [0.2, 0.25) is 0 Å². The Morgan fingerprint density at radius 1 is 0.565 bits per heavy atom. The van der Waals surface area contributed by atoms with E-state index >= 15 is 0 Å². The highest BCUT2D eigenvalue weighted by Crippen LogP contribution is 2.11. The zero-order valence-corrected chi connectivity index (χ0v) is 38.2. The predicted molar refractivity (Wildman–Crippen MR) is 230 cm³/mol. The van der Waals surface area contributed by atoms with E-state index in [0.717, 1.165) is 0 Å². The Labute approximate surface area is 367 Å². The van der Waals surface area contributed by atoms with Crippen LogP contribution in [0.4, 0.5) is 0 Å². The number of carboxylic acids is 1. The molecule has 354 valence electrons. The van der Waals surface area contributed by atoms with Gasteiger partial charge in [0, 0.05) is 6.42 Å². The highest BCUT2D eigenvalue weighted by molar-refractivity contribution is 7.98. The molecule has 0 saturated carbocycles. The van der Waals surface area contributed by atoms with Gasteiger partial charge in [0.2, 0.25) is 53.2 Å². The largest absolute Gasteiger partial charge is 0.480 e. The van der Waals surface area contributed by atoms with Gasteiger partial charge in [-0.05, 0) is 76.2 Å². The maximum atomic E-state index is 13.8. The zero-order valence-electron chi connectivity index (χ0n) is 37.4. The number of nitrogens with one attached hydrogen (secondary N) is 8. The minimum absolute atomic E-state index is 0.0431. The van der Waals surface area contributed by atoms with Gasteiger partial charge in [-0.15, -0.1) is 0 Å². The molecule has 0 spiro atoms. The van der Waals surface area contributed by atoms with Gasteiger partial charge in [0.1, 0.15) is 42.3 Å². The third kappa shape index (κ3) is 22.2. The maximum Gasteiger partial charge on any atom is 0.326 e. The van der Waals surface area contributed by atoms with Gasteiger partial charge in [0.25, 0.3) is 0 Å². The number of carbonyl (C=O) groups excluding carboxylic acids is 9. The average molecular weight is 903 g/mol. The first-order chi connectivity index (χ1) is 28.7. The number of primary amides is 1. The number of hydrogen-bond donors (Lipinski definition) is 12. The Hall–Kier alpha value is -5.03. The molecule has 0 rings (SSSR count). The Morgan fingerprint density at radius 2 is 1.02 bits per heavy atom. The van der Waals surface area contributed by atoms with Crippen LogP contribution in [0.3, 0.4) is 0 Å². The lowest BCUT2D eigenvalue weighted by Gasteiger charge is -2.29. The van der Waals surface area contributed by atoms with E-state index in [4.69, 9.17) is 11.5 Å². The van der Waals surface area contributed by atoms with Crippen LogP contribution in [0.5, 0.6) is 0 Å². The smallest absolute Gasteiger partial charge is 0.326 e. The number of carbonyl (C=O) groups is 10. The third-order valence-corrected chi connectivity index (χ3v) is 9.78. The first-order valence-electron chi connectivity index (χ1n) is 20.5. The summed E-state index contributed by atoms with van der Waals surface area (Å²) in [5, 5.41) is 39.5. The summed E-state index contributed by atoms with van der Waals surface area (Å²) in [7, 11) is 0. The second kappa shape index (κ2) is 28.5. The predicted octanol–water partition coefficient (Wildman–Crippen LogP) is -2.90. The summed E-state index contributed by atoms with van der Waals surface area (Å²) < 4.78 is 0. The number of hydrogen-bond acceptors (Lipinski definition) is 13. The highest BCUT2D eigenvalue weighted by atomic mass is 32.2. The molecule has 0 bridgehead atoms. The van der Waals surface area contributed by atoms with Crippen molar-refractivity contribution in [2.24, 2.45) is 29.2 Å². The Balaban J connectivity index is 6.18. The Morgan fingerprint density at radius 3 is 1.45 bits per heavy atom. The quantitative estimate of drug-likeness (QED) is 0.0359. The average Bonchev–Trinajstić information content (AvgIpc) is 3.16. The molecule has 0 aliphatic heterocycles. The minimum Gasteiger partial charge on any atom is -0.480 e. The minimum atomic E-state index is -1.64. The van der Waals surface area contributed by atoms with E-state index in [1.165, 1.54) is 32.5 Å². The van der Waals surface area contributed by atoms with E-state index in [1.807, 2.05) is 0 Å². The van der Waals surface area contributed by atoms with Gasteiger partial charge >= 0.3 is 5.97 Å². The van der Waals surface area contributed by atoms with E-state index < -0.39 is 126 Å². The monoisotopic (exact) mass is 902 g/mol. The van der Waals surface area contributed by atoms with E-state index in [9.17, 15) is 58.2 Å². The molecule has 0 aromatic rings. The summed E-state index contributed by atoms with van der Waals surface area (Å²) in [4.78, 5) is 129. The number of aliphatic hydroxyl groups excluding tert-OH is 1. The molecule has 14 N–H and O–H groups in total. The van der Waals surface area contributed by atoms with E-state index in [2.05, 4.69) is 42.5 Å². The molecule has 9 amide bonds. The highest BCUT2D eigenvalue weighted by Gasteiger charge is 2.35. The van der Waals surface area contributed by atoms with Crippen molar-refractivity contribution in [2.75, 3.05) is 18.6 Å². The number of thioether (sulfide) groups is 1. The lowest BCUT2D eigenvalue weighted by molar-refractivity contribution is -0.143. The molecule has 62 heavy (non-hydrogen) atoms. The molecule has 0 aliphatic carbocycles. The number of aliphatic hydroxyl groups is 1. The zero-order chi connectivity index (χ0) is 48.0. The van der Waals surface area contributed by atoms with E-state index in [1.54, 1.807) is 47.8 Å². The first-order valence-corrected chi connectivity index (χ1v) is 21.9. The van der Waals surface area contributed by atoms with Crippen LogP contribution in [-0.2, 0) is 47.9 Å². The SMILES string of the molecule is CSCC[C@H](NC(=O)[C@H](C)N)C(=O)N[C@H](C(=O)N[C@@H](CCC(N)=O)C(=O)N[C@@H](CC(C)C)C(=O)N[C@@H](CC(C)C)C(=O)N[C@@H](C)C(=O)NCC(=O)N[C@H](C(=O)O)C(C)C)[C@@H](C)O. The standard InChI is InChI=1S/C39H70N10O12S/c1-18(2)15-26(36(57)43-22(8)33(54)42-17-29(52)48-30(20(5)6)39(60)61)47-37(58)27(16-19(3)4)46-34(55)24(11-12-28(41)51)45-38(59)31(23(9)50)49-35(56)25(13-14-62-10)44-32(53)21(7)40/h18-27,30-31,50H,11-17,40H2,1-10H3,(H2,41,51)(H,42,54)(H,43,57)(H,44,53)(H,45,59)(H,46,55)(H,47,58)(H,48,52)(H,49,56)(H,60,61)/t21-,22-,23+,24-,25-,26-,27-,30-,31-/m0/s1. The maximum absolute atomic E-state index is 13.8. The Bertz CT molecular complexity index is 1560. The van der Waals surface area contributed by atoms with Crippen molar-refractivity contribution in [1.82, 2.24) is 42.5 Å². The molecule has 0 aliphatic rings. The molecule has 23 heteroatoms. The summed E-state index contributed by atoms with van der Waals surface area (Å²) in [6.45, 7) is 13.7.